The second-order valence-corrected chi connectivity index (χ2v) is 2.31. The predicted octanol–water partition coefficient (Wildman–Crippen LogP) is 0.613. The van der Waals surface area contributed by atoms with Crippen molar-refractivity contribution in [3.63, 3.8) is 0 Å². The molecule has 7 heavy (non-hydrogen) atoms. The number of hydrogen-bond donors (Lipinski definition) is 2. The van der Waals surface area contributed by atoms with Crippen LogP contribution in [0.1, 0.15) is 0 Å². The summed E-state index contributed by atoms with van der Waals surface area (Å²) in [5, 5.41) is 0. The first kappa shape index (κ1) is 5.79. The van der Waals surface area contributed by atoms with Crippen molar-refractivity contribution in [1.29, 1.82) is 0 Å². The third kappa shape index (κ3) is 1.27. The van der Waals surface area contributed by atoms with E-state index >= 15 is 0 Å². The first-order valence-electron chi connectivity index (χ1n) is 2.25. The average Bonchev–Trinajstić information content (AvgIpc) is 2.43. The van der Waals surface area contributed by atoms with E-state index in [1.165, 1.54) is 0 Å². The van der Waals surface area contributed by atoms with Crippen LogP contribution in [0.2, 0.25) is 0 Å². The highest BCUT2D eigenvalue weighted by Crippen LogP contribution is 2.23. The molecule has 0 spiro atoms. The van der Waals surface area contributed by atoms with Crippen molar-refractivity contribution in [3.8, 4) is 0 Å². The van der Waals surface area contributed by atoms with Crippen LogP contribution in [0, 0.1) is 0 Å². The van der Waals surface area contributed by atoms with E-state index in [0.29, 0.717) is 12.2 Å². The van der Waals surface area contributed by atoms with Crippen LogP contribution >= 0.6 is 25.3 Å². The molecular formula is C4H8OS2. The first-order valence-corrected chi connectivity index (χ1v) is 3.52. The third-order valence-corrected chi connectivity index (χ3v) is 1.77. The molecule has 0 aromatic heterocycles. The Labute approximate surface area is 54.3 Å². The van der Waals surface area contributed by atoms with E-state index in [2.05, 4.69) is 25.3 Å². The Hall–Kier alpha value is 0.660. The van der Waals surface area contributed by atoms with Crippen molar-refractivity contribution < 1.29 is 4.74 Å². The average molecular weight is 136 g/mol. The summed E-state index contributed by atoms with van der Waals surface area (Å²) in [6.45, 7) is 0. The van der Waals surface area contributed by atoms with Gasteiger partial charge in [-0.15, -0.1) is 0 Å². The SMILES string of the molecule is SC[C@H]1O[C@@H]1CS. The van der Waals surface area contributed by atoms with Crippen molar-refractivity contribution >= 4 is 25.3 Å². The largest absolute Gasteiger partial charge is 0.368 e. The van der Waals surface area contributed by atoms with Crippen molar-refractivity contribution in [2.75, 3.05) is 11.5 Å². The van der Waals surface area contributed by atoms with Crippen LogP contribution in [0.15, 0.2) is 0 Å². The summed E-state index contributed by atoms with van der Waals surface area (Å²) in [4.78, 5) is 0. The highest BCUT2D eigenvalue weighted by atomic mass is 32.1. The van der Waals surface area contributed by atoms with Gasteiger partial charge in [0.25, 0.3) is 0 Å². The van der Waals surface area contributed by atoms with Gasteiger partial charge in [-0.2, -0.15) is 25.3 Å². The van der Waals surface area contributed by atoms with Crippen molar-refractivity contribution in [1.82, 2.24) is 0 Å². The number of rotatable bonds is 2. The molecule has 0 bridgehead atoms. The summed E-state index contributed by atoms with van der Waals surface area (Å²) < 4.78 is 5.06. The van der Waals surface area contributed by atoms with E-state index in [1.807, 2.05) is 0 Å². The van der Waals surface area contributed by atoms with Crippen LogP contribution in [-0.4, -0.2) is 23.7 Å². The lowest BCUT2D eigenvalue weighted by Crippen LogP contribution is -1.94. The molecule has 0 aromatic carbocycles. The van der Waals surface area contributed by atoms with Gasteiger partial charge in [0.1, 0.15) is 0 Å². The van der Waals surface area contributed by atoms with E-state index in [-0.39, 0.29) is 0 Å². The maximum absolute atomic E-state index is 5.06. The molecule has 0 radical (unpaired) electrons. The van der Waals surface area contributed by atoms with Gasteiger partial charge in [0.05, 0.1) is 12.2 Å². The second kappa shape index (κ2) is 2.29. The van der Waals surface area contributed by atoms with Gasteiger partial charge < -0.3 is 4.74 Å². The molecule has 0 amide bonds. The topological polar surface area (TPSA) is 12.5 Å². The number of thiol groups is 2. The molecule has 3 heteroatoms. The van der Waals surface area contributed by atoms with Gasteiger partial charge in [-0.1, -0.05) is 0 Å². The second-order valence-electron chi connectivity index (χ2n) is 1.58. The summed E-state index contributed by atoms with van der Waals surface area (Å²) >= 11 is 8.06. The molecule has 1 aliphatic rings. The fraction of sp³-hybridized carbons (Fsp3) is 1.00. The Kier molecular flexibility index (Phi) is 1.89. The highest BCUT2D eigenvalue weighted by Gasteiger charge is 2.35. The van der Waals surface area contributed by atoms with E-state index in [1.54, 1.807) is 0 Å². The zero-order valence-electron chi connectivity index (χ0n) is 3.87. The summed E-state index contributed by atoms with van der Waals surface area (Å²) in [6.07, 6.45) is 0.807. The minimum absolute atomic E-state index is 0.404. The van der Waals surface area contributed by atoms with Crippen LogP contribution in [0.5, 0.6) is 0 Å². The third-order valence-electron chi connectivity index (χ3n) is 1.05. The van der Waals surface area contributed by atoms with Gasteiger partial charge in [-0.25, -0.2) is 0 Å². The van der Waals surface area contributed by atoms with Crippen LogP contribution in [0.25, 0.3) is 0 Å². The van der Waals surface area contributed by atoms with Crippen LogP contribution in [-0.2, 0) is 4.74 Å². The zero-order chi connectivity index (χ0) is 5.28. The molecule has 1 rings (SSSR count). The van der Waals surface area contributed by atoms with E-state index in [9.17, 15) is 0 Å². The van der Waals surface area contributed by atoms with E-state index in [0.717, 1.165) is 11.5 Å². The highest BCUT2D eigenvalue weighted by molar-refractivity contribution is 7.80. The smallest absolute Gasteiger partial charge is 0.0937 e. The lowest BCUT2D eigenvalue weighted by Gasteiger charge is -1.77. The molecule has 1 nitrogen and oxygen atoms in total. The van der Waals surface area contributed by atoms with Gasteiger partial charge in [-0.3, -0.25) is 0 Å². The van der Waals surface area contributed by atoms with E-state index < -0.39 is 0 Å². The number of epoxide rings is 1. The lowest BCUT2D eigenvalue weighted by molar-refractivity contribution is 0.393. The van der Waals surface area contributed by atoms with Gasteiger partial charge >= 0.3 is 0 Å². The zero-order valence-corrected chi connectivity index (χ0v) is 5.66. The Morgan fingerprint density at radius 2 is 1.57 bits per heavy atom. The Bertz CT molecular complexity index is 58.7. The fourth-order valence-electron chi connectivity index (χ4n) is 0.500. The predicted molar refractivity (Wildman–Crippen MR) is 36.4 cm³/mol. The maximum Gasteiger partial charge on any atom is 0.0937 e. The van der Waals surface area contributed by atoms with Crippen LogP contribution in [0.4, 0.5) is 0 Å². The van der Waals surface area contributed by atoms with Crippen molar-refractivity contribution in [2.45, 2.75) is 12.2 Å². The standard InChI is InChI=1S/C4H8OS2/c6-1-3-4(2-7)5-3/h3-4,6-7H,1-2H2/t3-,4-/m1/s1. The maximum atomic E-state index is 5.06. The summed E-state index contributed by atoms with van der Waals surface area (Å²) in [7, 11) is 0. The Morgan fingerprint density at radius 1 is 1.14 bits per heavy atom. The summed E-state index contributed by atoms with van der Waals surface area (Å²) in [5.74, 6) is 1.68. The first-order chi connectivity index (χ1) is 3.38. The van der Waals surface area contributed by atoms with Gasteiger partial charge in [0.2, 0.25) is 0 Å². The quantitative estimate of drug-likeness (QED) is 0.419. The minimum atomic E-state index is 0.404. The molecule has 1 aliphatic heterocycles. The number of hydrogen-bond acceptors (Lipinski definition) is 3. The molecule has 0 saturated carbocycles. The molecule has 0 N–H and O–H groups in total. The van der Waals surface area contributed by atoms with Gasteiger partial charge in [0, 0.05) is 11.5 Å². The molecule has 0 aliphatic carbocycles. The Balaban J connectivity index is 2.06. The molecule has 2 atom stereocenters. The lowest BCUT2D eigenvalue weighted by atomic mass is 10.4. The molecule has 1 heterocycles. The summed E-state index contributed by atoms with van der Waals surface area (Å²) in [6, 6.07) is 0. The van der Waals surface area contributed by atoms with Gasteiger partial charge in [-0.05, 0) is 0 Å². The fourth-order valence-corrected chi connectivity index (χ4v) is 1.14. The van der Waals surface area contributed by atoms with Gasteiger partial charge in [0.15, 0.2) is 0 Å². The molecule has 0 unspecified atom stereocenters. The van der Waals surface area contributed by atoms with Crippen molar-refractivity contribution in [2.24, 2.45) is 0 Å². The summed E-state index contributed by atoms with van der Waals surface area (Å²) in [5.41, 5.74) is 0. The molecule has 42 valence electrons. The molecular weight excluding hydrogens is 128 g/mol. The monoisotopic (exact) mass is 136 g/mol. The molecule has 0 aromatic rings. The van der Waals surface area contributed by atoms with Crippen LogP contribution < -0.4 is 0 Å². The molecule has 1 saturated heterocycles. The molecule has 1 fully saturated rings. The van der Waals surface area contributed by atoms with E-state index in [4.69, 9.17) is 4.74 Å². The van der Waals surface area contributed by atoms with Crippen molar-refractivity contribution in [3.05, 3.63) is 0 Å². The Morgan fingerprint density at radius 3 is 1.71 bits per heavy atom. The van der Waals surface area contributed by atoms with Crippen LogP contribution in [0.3, 0.4) is 0 Å². The number of ether oxygens (including phenoxy) is 1. The normalized spacial score (nSPS) is 38.6. The minimum Gasteiger partial charge on any atom is -0.368 e.